The van der Waals surface area contributed by atoms with Crippen LogP contribution in [0.25, 0.3) is 0 Å². The maximum absolute atomic E-state index is 12.6. The molecule has 3 atom stereocenters. The fourth-order valence-electron chi connectivity index (χ4n) is 3.79. The number of hydrogen-bond acceptors (Lipinski definition) is 4. The van der Waals surface area contributed by atoms with Gasteiger partial charge in [-0.2, -0.15) is 0 Å². The molecule has 1 aliphatic heterocycles. The molecular formula is C17H26N2O3S. The molecule has 0 aromatic heterocycles. The monoisotopic (exact) mass is 338 g/mol. The Labute approximate surface area is 138 Å². The van der Waals surface area contributed by atoms with E-state index in [4.69, 9.17) is 0 Å². The minimum absolute atomic E-state index is 0.0727. The van der Waals surface area contributed by atoms with Crippen molar-refractivity contribution in [2.24, 2.45) is 0 Å². The summed E-state index contributed by atoms with van der Waals surface area (Å²) in [6.07, 6.45) is 5.33. The van der Waals surface area contributed by atoms with Gasteiger partial charge in [0.15, 0.2) is 0 Å². The maximum atomic E-state index is 12.6. The van der Waals surface area contributed by atoms with E-state index in [0.29, 0.717) is 6.42 Å². The van der Waals surface area contributed by atoms with Crippen LogP contribution < -0.4 is 4.72 Å². The SMILES string of the molecule is O=S(=O)(N[C@@H]1CCCC[C@@H](N2CCCC2)[C@@H]1O)c1ccccc1. The molecule has 0 unspecified atom stereocenters. The second kappa shape index (κ2) is 7.30. The summed E-state index contributed by atoms with van der Waals surface area (Å²) in [5.74, 6) is 0. The van der Waals surface area contributed by atoms with Crippen LogP contribution >= 0.6 is 0 Å². The van der Waals surface area contributed by atoms with Gasteiger partial charge in [-0.1, -0.05) is 31.0 Å². The molecule has 3 rings (SSSR count). The zero-order valence-electron chi connectivity index (χ0n) is 13.4. The molecule has 1 heterocycles. The van der Waals surface area contributed by atoms with Crippen LogP contribution in [-0.4, -0.2) is 49.7 Å². The molecule has 1 aromatic rings. The van der Waals surface area contributed by atoms with Gasteiger partial charge in [0.25, 0.3) is 0 Å². The molecule has 0 radical (unpaired) electrons. The molecule has 1 saturated carbocycles. The lowest BCUT2D eigenvalue weighted by Crippen LogP contribution is -2.52. The minimum Gasteiger partial charge on any atom is -0.390 e. The number of nitrogens with zero attached hydrogens (tertiary/aromatic N) is 1. The topological polar surface area (TPSA) is 69.6 Å². The van der Waals surface area contributed by atoms with Crippen molar-refractivity contribution >= 4 is 10.0 Å². The van der Waals surface area contributed by atoms with Crippen molar-refractivity contribution in [3.8, 4) is 0 Å². The molecule has 1 aromatic carbocycles. The fourth-order valence-corrected chi connectivity index (χ4v) is 5.10. The summed E-state index contributed by atoms with van der Waals surface area (Å²) >= 11 is 0. The maximum Gasteiger partial charge on any atom is 0.240 e. The van der Waals surface area contributed by atoms with Crippen molar-refractivity contribution in [2.45, 2.75) is 61.6 Å². The number of likely N-dealkylation sites (tertiary alicyclic amines) is 1. The third-order valence-electron chi connectivity index (χ3n) is 5.04. The summed E-state index contributed by atoms with van der Waals surface area (Å²) in [7, 11) is -3.58. The average Bonchev–Trinajstić information content (AvgIpc) is 3.02. The lowest BCUT2D eigenvalue weighted by molar-refractivity contribution is 0.0409. The lowest BCUT2D eigenvalue weighted by atomic mass is 10.0. The number of benzene rings is 1. The number of rotatable bonds is 4. The van der Waals surface area contributed by atoms with Gasteiger partial charge in [0.1, 0.15) is 0 Å². The highest BCUT2D eigenvalue weighted by atomic mass is 32.2. The van der Waals surface area contributed by atoms with Crippen molar-refractivity contribution < 1.29 is 13.5 Å². The molecule has 0 amide bonds. The first-order valence-corrected chi connectivity index (χ1v) is 10.1. The molecule has 2 fully saturated rings. The zero-order chi connectivity index (χ0) is 16.3. The van der Waals surface area contributed by atoms with E-state index in [1.807, 2.05) is 0 Å². The molecule has 6 heteroatoms. The van der Waals surface area contributed by atoms with Crippen molar-refractivity contribution in [1.29, 1.82) is 0 Å². The van der Waals surface area contributed by atoms with Gasteiger partial charge in [-0.3, -0.25) is 4.90 Å². The molecule has 0 bridgehead atoms. The van der Waals surface area contributed by atoms with Crippen molar-refractivity contribution in [1.82, 2.24) is 9.62 Å². The highest BCUT2D eigenvalue weighted by molar-refractivity contribution is 7.89. The van der Waals surface area contributed by atoms with Crippen LogP contribution in [0.5, 0.6) is 0 Å². The number of hydrogen-bond donors (Lipinski definition) is 2. The first-order chi connectivity index (χ1) is 11.1. The van der Waals surface area contributed by atoms with Crippen LogP contribution in [-0.2, 0) is 10.0 Å². The van der Waals surface area contributed by atoms with E-state index in [-0.39, 0.29) is 10.9 Å². The fraction of sp³-hybridized carbons (Fsp3) is 0.647. The Morgan fingerprint density at radius 3 is 2.35 bits per heavy atom. The van der Waals surface area contributed by atoms with Crippen molar-refractivity contribution in [3.63, 3.8) is 0 Å². The van der Waals surface area contributed by atoms with Gasteiger partial charge in [-0.15, -0.1) is 0 Å². The summed E-state index contributed by atoms with van der Waals surface area (Å²) in [4.78, 5) is 2.59. The standard InChI is InChI=1S/C17H26N2O3S/c20-17-15(18-23(21,22)14-8-2-1-3-9-14)10-4-5-11-16(17)19-12-6-7-13-19/h1-3,8-9,15-18,20H,4-7,10-13H2/t15-,16-,17-/m1/s1. The molecule has 23 heavy (non-hydrogen) atoms. The summed E-state index contributed by atoms with van der Waals surface area (Å²) in [6, 6.07) is 8.06. The minimum atomic E-state index is -3.58. The highest BCUT2D eigenvalue weighted by Gasteiger charge is 2.36. The van der Waals surface area contributed by atoms with Crippen LogP contribution in [0.1, 0.15) is 38.5 Å². The van der Waals surface area contributed by atoms with Crippen LogP contribution in [0, 0.1) is 0 Å². The average molecular weight is 338 g/mol. The third-order valence-corrected chi connectivity index (χ3v) is 6.55. The van der Waals surface area contributed by atoms with Crippen LogP contribution in [0.2, 0.25) is 0 Å². The first kappa shape index (κ1) is 16.9. The smallest absolute Gasteiger partial charge is 0.240 e. The molecule has 128 valence electrons. The molecular weight excluding hydrogens is 312 g/mol. The summed E-state index contributed by atoms with van der Waals surface area (Å²) in [5, 5.41) is 10.8. The Morgan fingerprint density at radius 1 is 1.00 bits per heavy atom. The van der Waals surface area contributed by atoms with Gasteiger partial charge >= 0.3 is 0 Å². The van der Waals surface area contributed by atoms with E-state index in [0.717, 1.165) is 32.4 Å². The second-order valence-electron chi connectivity index (χ2n) is 6.63. The van der Waals surface area contributed by atoms with E-state index in [9.17, 15) is 13.5 Å². The van der Waals surface area contributed by atoms with E-state index in [1.54, 1.807) is 30.3 Å². The quantitative estimate of drug-likeness (QED) is 0.821. The normalized spacial score (nSPS) is 30.2. The van der Waals surface area contributed by atoms with Crippen molar-refractivity contribution in [2.75, 3.05) is 13.1 Å². The Kier molecular flexibility index (Phi) is 5.36. The second-order valence-corrected chi connectivity index (χ2v) is 8.34. The predicted octanol–water partition coefficient (Wildman–Crippen LogP) is 1.73. The molecule has 2 N–H and O–H groups in total. The highest BCUT2D eigenvalue weighted by Crippen LogP contribution is 2.26. The third kappa shape index (κ3) is 3.94. The predicted molar refractivity (Wildman–Crippen MR) is 89.6 cm³/mol. The zero-order valence-corrected chi connectivity index (χ0v) is 14.2. The molecule has 1 saturated heterocycles. The Hall–Kier alpha value is -0.950. The lowest BCUT2D eigenvalue weighted by Gasteiger charge is -2.34. The van der Waals surface area contributed by atoms with E-state index >= 15 is 0 Å². The van der Waals surface area contributed by atoms with E-state index < -0.39 is 22.2 Å². The molecule has 0 spiro atoms. The van der Waals surface area contributed by atoms with Gasteiger partial charge in [-0.05, 0) is 50.9 Å². The molecule has 2 aliphatic rings. The van der Waals surface area contributed by atoms with Crippen LogP contribution in [0.15, 0.2) is 35.2 Å². The summed E-state index contributed by atoms with van der Waals surface area (Å²) in [6.45, 7) is 2.03. The van der Waals surface area contributed by atoms with Crippen LogP contribution in [0.3, 0.4) is 0 Å². The summed E-state index contributed by atoms with van der Waals surface area (Å²) < 4.78 is 27.9. The first-order valence-electron chi connectivity index (χ1n) is 8.57. The Balaban J connectivity index is 1.75. The Bertz CT molecular complexity index is 600. The molecule has 1 aliphatic carbocycles. The number of nitrogens with one attached hydrogen (secondary N) is 1. The largest absolute Gasteiger partial charge is 0.390 e. The number of sulfonamides is 1. The molecule has 5 nitrogen and oxygen atoms in total. The summed E-state index contributed by atoms with van der Waals surface area (Å²) in [5.41, 5.74) is 0. The Morgan fingerprint density at radius 2 is 1.65 bits per heavy atom. The van der Waals surface area contributed by atoms with E-state index in [2.05, 4.69) is 9.62 Å². The number of aliphatic hydroxyl groups excluding tert-OH is 1. The van der Waals surface area contributed by atoms with Crippen LogP contribution in [0.4, 0.5) is 0 Å². The van der Waals surface area contributed by atoms with Gasteiger partial charge in [0.05, 0.1) is 11.0 Å². The van der Waals surface area contributed by atoms with Gasteiger partial charge in [0.2, 0.25) is 10.0 Å². The number of aliphatic hydroxyl groups is 1. The van der Waals surface area contributed by atoms with Crippen molar-refractivity contribution in [3.05, 3.63) is 30.3 Å². The van der Waals surface area contributed by atoms with E-state index in [1.165, 1.54) is 12.8 Å². The van der Waals surface area contributed by atoms with Gasteiger partial charge in [-0.25, -0.2) is 13.1 Å². The van der Waals surface area contributed by atoms with Gasteiger partial charge in [0, 0.05) is 12.1 Å². The van der Waals surface area contributed by atoms with Gasteiger partial charge < -0.3 is 5.11 Å².